The van der Waals surface area contributed by atoms with Gasteiger partial charge in [-0.3, -0.25) is 9.59 Å². The van der Waals surface area contributed by atoms with Gasteiger partial charge in [-0.25, -0.2) is 0 Å². The summed E-state index contributed by atoms with van der Waals surface area (Å²) in [5.74, 6) is 0.201. The van der Waals surface area contributed by atoms with Crippen molar-refractivity contribution < 1.29 is 14.3 Å². The number of nitrogens with one attached hydrogen (secondary N) is 2. The Hall–Kier alpha value is -3.60. The second kappa shape index (κ2) is 9.55. The third-order valence-electron chi connectivity index (χ3n) is 4.39. The number of hydrogen-bond donors (Lipinski definition) is 2. The van der Waals surface area contributed by atoms with Gasteiger partial charge in [0.25, 0.3) is 5.91 Å². The molecule has 3 aromatic carbocycles. The smallest absolute Gasteiger partial charge is 0.258 e. The Morgan fingerprint density at radius 2 is 1.48 bits per heavy atom. The first kappa shape index (κ1) is 20.1. The standard InChI is InChI=1S/C24H24N2O3/c1-17-8-10-20(11-9-17)24(19-6-4-3-5-7-19)26-23(28)16-29-22-14-12-21(13-15-22)25-18(2)27/h3-15,24H,16H2,1-2H3,(H,25,27)(H,26,28)/t24-/m1/s1. The molecule has 5 heteroatoms. The fourth-order valence-electron chi connectivity index (χ4n) is 2.95. The van der Waals surface area contributed by atoms with E-state index in [-0.39, 0.29) is 24.5 Å². The molecule has 5 nitrogen and oxygen atoms in total. The molecule has 3 aromatic rings. The number of aryl methyl sites for hydroxylation is 1. The van der Waals surface area contributed by atoms with E-state index < -0.39 is 0 Å². The van der Waals surface area contributed by atoms with Crippen LogP contribution in [0.2, 0.25) is 0 Å². The van der Waals surface area contributed by atoms with Crippen molar-refractivity contribution in [2.75, 3.05) is 11.9 Å². The molecule has 0 bridgehead atoms. The van der Waals surface area contributed by atoms with Crippen LogP contribution in [-0.4, -0.2) is 18.4 Å². The van der Waals surface area contributed by atoms with Crippen molar-refractivity contribution in [2.45, 2.75) is 19.9 Å². The SMILES string of the molecule is CC(=O)Nc1ccc(OCC(=O)N[C@H](c2ccccc2)c2ccc(C)cc2)cc1. The van der Waals surface area contributed by atoms with Crippen LogP contribution in [0.4, 0.5) is 5.69 Å². The van der Waals surface area contributed by atoms with Gasteiger partial charge < -0.3 is 15.4 Å². The molecule has 0 radical (unpaired) electrons. The Bertz CT molecular complexity index is 952. The Balaban J connectivity index is 1.65. The molecule has 0 unspecified atom stereocenters. The molecule has 0 heterocycles. The minimum absolute atomic E-state index is 0.103. The molecule has 2 N–H and O–H groups in total. The molecule has 3 rings (SSSR count). The largest absolute Gasteiger partial charge is 0.484 e. The zero-order valence-corrected chi connectivity index (χ0v) is 16.5. The maximum absolute atomic E-state index is 12.6. The summed E-state index contributed by atoms with van der Waals surface area (Å²) in [6.45, 7) is 3.38. The van der Waals surface area contributed by atoms with E-state index in [1.807, 2.05) is 61.5 Å². The molecule has 0 spiro atoms. The van der Waals surface area contributed by atoms with Gasteiger partial charge in [0.1, 0.15) is 5.75 Å². The molecule has 148 valence electrons. The van der Waals surface area contributed by atoms with Crippen LogP contribution in [0.3, 0.4) is 0 Å². The van der Waals surface area contributed by atoms with Crippen molar-refractivity contribution >= 4 is 17.5 Å². The summed E-state index contributed by atoms with van der Waals surface area (Å²) in [6, 6.07) is 24.6. The van der Waals surface area contributed by atoms with E-state index in [1.165, 1.54) is 6.92 Å². The Morgan fingerprint density at radius 3 is 2.10 bits per heavy atom. The third kappa shape index (κ3) is 5.94. The van der Waals surface area contributed by atoms with Crippen molar-refractivity contribution in [3.63, 3.8) is 0 Å². The fourth-order valence-corrected chi connectivity index (χ4v) is 2.95. The molecule has 0 fully saturated rings. The van der Waals surface area contributed by atoms with Crippen LogP contribution in [0.25, 0.3) is 0 Å². The zero-order valence-electron chi connectivity index (χ0n) is 16.5. The lowest BCUT2D eigenvalue weighted by molar-refractivity contribution is -0.123. The average molecular weight is 388 g/mol. The monoisotopic (exact) mass is 388 g/mol. The zero-order chi connectivity index (χ0) is 20.6. The van der Waals surface area contributed by atoms with E-state index in [4.69, 9.17) is 4.74 Å². The number of rotatable bonds is 7. The molecular weight excluding hydrogens is 364 g/mol. The van der Waals surface area contributed by atoms with Gasteiger partial charge in [-0.1, -0.05) is 60.2 Å². The van der Waals surface area contributed by atoms with Crippen molar-refractivity contribution in [2.24, 2.45) is 0 Å². The molecule has 29 heavy (non-hydrogen) atoms. The lowest BCUT2D eigenvalue weighted by atomic mass is 9.98. The van der Waals surface area contributed by atoms with Gasteiger partial charge in [-0.2, -0.15) is 0 Å². The van der Waals surface area contributed by atoms with Gasteiger partial charge in [0.2, 0.25) is 5.91 Å². The van der Waals surface area contributed by atoms with Crippen LogP contribution in [0.5, 0.6) is 5.75 Å². The highest BCUT2D eigenvalue weighted by Gasteiger charge is 2.17. The van der Waals surface area contributed by atoms with Gasteiger partial charge in [-0.05, 0) is 42.3 Å². The average Bonchev–Trinajstić information content (AvgIpc) is 2.72. The highest BCUT2D eigenvalue weighted by Crippen LogP contribution is 2.22. The lowest BCUT2D eigenvalue weighted by Gasteiger charge is -2.20. The summed E-state index contributed by atoms with van der Waals surface area (Å²) in [5, 5.41) is 5.75. The number of carbonyl (C=O) groups excluding carboxylic acids is 2. The van der Waals surface area contributed by atoms with Crippen molar-refractivity contribution in [3.05, 3.63) is 95.6 Å². The molecule has 1 atom stereocenters. The number of benzene rings is 3. The van der Waals surface area contributed by atoms with Gasteiger partial charge >= 0.3 is 0 Å². The topological polar surface area (TPSA) is 67.4 Å². The van der Waals surface area contributed by atoms with Crippen LogP contribution >= 0.6 is 0 Å². The molecule has 0 aliphatic rings. The number of anilines is 1. The lowest BCUT2D eigenvalue weighted by Crippen LogP contribution is -2.33. The predicted molar refractivity (Wildman–Crippen MR) is 114 cm³/mol. The maximum atomic E-state index is 12.6. The summed E-state index contributed by atoms with van der Waals surface area (Å²) in [6.07, 6.45) is 0. The molecule has 2 amide bonds. The van der Waals surface area contributed by atoms with Crippen LogP contribution < -0.4 is 15.4 Å². The molecule has 0 aliphatic carbocycles. The molecule has 0 saturated carbocycles. The van der Waals surface area contributed by atoms with Crippen LogP contribution in [0.1, 0.15) is 29.7 Å². The van der Waals surface area contributed by atoms with Gasteiger partial charge in [0, 0.05) is 12.6 Å². The molecule has 0 aliphatic heterocycles. The van der Waals surface area contributed by atoms with Gasteiger partial charge in [0.15, 0.2) is 6.61 Å². The molecule has 0 aromatic heterocycles. The number of amides is 2. The minimum Gasteiger partial charge on any atom is -0.484 e. The summed E-state index contributed by atoms with van der Waals surface area (Å²) in [7, 11) is 0. The van der Waals surface area contributed by atoms with Crippen molar-refractivity contribution in [1.82, 2.24) is 5.32 Å². The first-order valence-corrected chi connectivity index (χ1v) is 9.42. The summed E-state index contributed by atoms with van der Waals surface area (Å²) < 4.78 is 5.59. The number of hydrogen-bond acceptors (Lipinski definition) is 3. The minimum atomic E-state index is -0.255. The van der Waals surface area contributed by atoms with E-state index >= 15 is 0 Å². The highest BCUT2D eigenvalue weighted by atomic mass is 16.5. The van der Waals surface area contributed by atoms with Gasteiger partial charge in [-0.15, -0.1) is 0 Å². The van der Waals surface area contributed by atoms with E-state index in [9.17, 15) is 9.59 Å². The van der Waals surface area contributed by atoms with E-state index in [2.05, 4.69) is 10.6 Å². The maximum Gasteiger partial charge on any atom is 0.258 e. The van der Waals surface area contributed by atoms with Crippen molar-refractivity contribution in [1.29, 1.82) is 0 Å². The fraction of sp³-hybridized carbons (Fsp3) is 0.167. The van der Waals surface area contributed by atoms with E-state index in [1.54, 1.807) is 24.3 Å². The van der Waals surface area contributed by atoms with Crippen LogP contribution in [-0.2, 0) is 9.59 Å². The van der Waals surface area contributed by atoms with E-state index in [0.29, 0.717) is 11.4 Å². The summed E-state index contributed by atoms with van der Waals surface area (Å²) in [5.41, 5.74) is 3.86. The quantitative estimate of drug-likeness (QED) is 0.636. The third-order valence-corrected chi connectivity index (χ3v) is 4.39. The second-order valence-electron chi connectivity index (χ2n) is 6.82. The molecule has 0 saturated heterocycles. The Morgan fingerprint density at radius 1 is 0.862 bits per heavy atom. The second-order valence-corrected chi connectivity index (χ2v) is 6.82. The van der Waals surface area contributed by atoms with Crippen LogP contribution in [0.15, 0.2) is 78.9 Å². The van der Waals surface area contributed by atoms with Crippen molar-refractivity contribution in [3.8, 4) is 5.75 Å². The first-order valence-electron chi connectivity index (χ1n) is 9.42. The Kier molecular flexibility index (Phi) is 6.63. The van der Waals surface area contributed by atoms with Gasteiger partial charge in [0.05, 0.1) is 6.04 Å². The number of ether oxygens (including phenoxy) is 1. The number of carbonyl (C=O) groups is 2. The highest BCUT2D eigenvalue weighted by molar-refractivity contribution is 5.88. The summed E-state index contributed by atoms with van der Waals surface area (Å²) in [4.78, 5) is 23.6. The summed E-state index contributed by atoms with van der Waals surface area (Å²) >= 11 is 0. The van der Waals surface area contributed by atoms with E-state index in [0.717, 1.165) is 16.7 Å². The normalized spacial score (nSPS) is 11.4. The first-order chi connectivity index (χ1) is 14.0. The predicted octanol–water partition coefficient (Wildman–Crippen LogP) is 4.24. The van der Waals surface area contributed by atoms with Crippen LogP contribution in [0, 0.1) is 6.92 Å². The Labute approximate surface area is 170 Å². The molecular formula is C24H24N2O3.